The fourth-order valence-corrected chi connectivity index (χ4v) is 4.20. The lowest BCUT2D eigenvalue weighted by Crippen LogP contribution is -2.33. The van der Waals surface area contributed by atoms with Gasteiger partial charge >= 0.3 is 6.61 Å². The van der Waals surface area contributed by atoms with E-state index >= 15 is 4.39 Å². The molecule has 1 aromatic carbocycles. The van der Waals surface area contributed by atoms with Crippen LogP contribution in [0.2, 0.25) is 5.02 Å². The first-order valence-corrected chi connectivity index (χ1v) is 11.4. The van der Waals surface area contributed by atoms with Gasteiger partial charge in [-0.2, -0.15) is 19.0 Å². The summed E-state index contributed by atoms with van der Waals surface area (Å²) in [7, 11) is 1.81. The minimum Gasteiger partial charge on any atom is -0.323 e. The number of H-pyrrole nitrogens is 1. The van der Waals surface area contributed by atoms with E-state index in [0.717, 1.165) is 11.3 Å². The van der Waals surface area contributed by atoms with Gasteiger partial charge in [-0.25, -0.2) is 4.39 Å². The number of nitrogens with one attached hydrogen (secondary N) is 1. The smallest absolute Gasteiger partial charge is 0.323 e. The number of alkyl halides is 2. The Kier molecular flexibility index (Phi) is 6.97. The summed E-state index contributed by atoms with van der Waals surface area (Å²) in [5.41, 5.74) is 3.23. The van der Waals surface area contributed by atoms with Crippen molar-refractivity contribution in [3.05, 3.63) is 78.0 Å². The van der Waals surface area contributed by atoms with Crippen LogP contribution in [0.5, 0.6) is 0 Å². The van der Waals surface area contributed by atoms with E-state index in [-0.39, 0.29) is 23.6 Å². The fraction of sp³-hybridized carbons (Fsp3) is 0.217. The van der Waals surface area contributed by atoms with Crippen LogP contribution >= 0.6 is 11.6 Å². The maximum Gasteiger partial charge on any atom is 0.345 e. The number of hydrogen-bond donors (Lipinski definition) is 1. The van der Waals surface area contributed by atoms with Crippen LogP contribution < -0.4 is 4.68 Å². The molecule has 0 saturated heterocycles. The summed E-state index contributed by atoms with van der Waals surface area (Å²) in [5, 5.41) is 18.6. The largest absolute Gasteiger partial charge is 0.345 e. The fourth-order valence-electron chi connectivity index (χ4n) is 4.04. The first-order chi connectivity index (χ1) is 17.9. The number of nitrogens with zero attached hydrogens (tertiary/aromatic N) is 8. The number of aromatic amines is 1. The molecule has 0 fully saturated rings. The predicted molar refractivity (Wildman–Crippen MR) is 125 cm³/mol. The Morgan fingerprint density at radius 1 is 1.11 bits per heavy atom. The van der Waals surface area contributed by atoms with E-state index in [4.69, 9.17) is 11.6 Å². The Hall–Kier alpha value is -4.10. The zero-order chi connectivity index (χ0) is 25.9. The molecule has 190 valence electrons. The van der Waals surface area contributed by atoms with Crippen molar-refractivity contribution in [1.82, 2.24) is 40.1 Å². The maximum atomic E-state index is 15.1. The van der Waals surface area contributed by atoms with Crippen LogP contribution in [0.25, 0.3) is 28.1 Å². The number of pyridine rings is 1. The summed E-state index contributed by atoms with van der Waals surface area (Å²) in [6.07, 6.45) is 8.18. The summed E-state index contributed by atoms with van der Waals surface area (Å²) in [6.45, 7) is -3.11. The maximum absolute atomic E-state index is 15.1. The van der Waals surface area contributed by atoms with E-state index in [9.17, 15) is 8.78 Å². The normalized spacial score (nSPS) is 12.4. The quantitative estimate of drug-likeness (QED) is 0.291. The number of hydrogen-bond acceptors (Lipinski definition) is 6. The third-order valence-corrected chi connectivity index (χ3v) is 6.09. The first-order valence-electron chi connectivity index (χ1n) is 11.1. The minimum absolute atomic E-state index is 0.0582. The van der Waals surface area contributed by atoms with Gasteiger partial charge in [-0.05, 0) is 30.7 Å². The van der Waals surface area contributed by atoms with E-state index in [1.807, 2.05) is 13.1 Å². The van der Waals surface area contributed by atoms with Crippen LogP contribution in [-0.4, -0.2) is 53.3 Å². The van der Waals surface area contributed by atoms with Crippen LogP contribution in [-0.2, 0) is 11.8 Å². The monoisotopic (exact) mass is 530 g/mol. The lowest BCUT2D eigenvalue weighted by atomic mass is 10.0. The molecular formula is C23H20ClF3N9O+. The van der Waals surface area contributed by atoms with Crippen LogP contribution in [0.4, 0.5) is 13.2 Å². The molecule has 4 heterocycles. The Bertz CT molecular complexity index is 1490. The van der Waals surface area contributed by atoms with Crippen LogP contribution in [0.1, 0.15) is 18.2 Å². The highest BCUT2D eigenvalue weighted by atomic mass is 35.5. The van der Waals surface area contributed by atoms with Gasteiger partial charge in [-0.3, -0.25) is 14.3 Å². The summed E-state index contributed by atoms with van der Waals surface area (Å²) in [4.78, 5) is 4.53. The number of halogens is 4. The molecule has 5 rings (SSSR count). The number of ether oxygens (including phenoxy) is 1. The molecular weight excluding hydrogens is 511 g/mol. The SMILES string of the molecule is Cn1nccc1-c1cnn(C(CCOC(F)F)c2ccc(-c3c(-[n+]4cnn[nH]4)ccc(Cl)c3F)cn2)c1. The van der Waals surface area contributed by atoms with Gasteiger partial charge in [0.2, 0.25) is 0 Å². The third-order valence-electron chi connectivity index (χ3n) is 5.80. The Labute approximate surface area is 213 Å². The molecule has 0 spiro atoms. The number of aryl methyl sites for hydroxylation is 1. The molecule has 0 aliphatic rings. The molecule has 37 heavy (non-hydrogen) atoms. The summed E-state index contributed by atoms with van der Waals surface area (Å²) >= 11 is 6.06. The molecule has 1 N–H and O–H groups in total. The highest BCUT2D eigenvalue weighted by Crippen LogP contribution is 2.32. The van der Waals surface area contributed by atoms with Gasteiger partial charge in [0.25, 0.3) is 6.33 Å². The van der Waals surface area contributed by atoms with Gasteiger partial charge in [0.15, 0.2) is 11.0 Å². The lowest BCUT2D eigenvalue weighted by molar-refractivity contribution is -0.659. The molecule has 10 nitrogen and oxygen atoms in total. The Morgan fingerprint density at radius 2 is 1.97 bits per heavy atom. The predicted octanol–water partition coefficient (Wildman–Crippen LogP) is 3.75. The highest BCUT2D eigenvalue weighted by molar-refractivity contribution is 6.31. The summed E-state index contributed by atoms with van der Waals surface area (Å²) < 4.78 is 49.7. The average Bonchev–Trinajstić information content (AvgIpc) is 3.66. The van der Waals surface area contributed by atoms with Gasteiger partial charge in [0.05, 0.1) is 40.8 Å². The van der Waals surface area contributed by atoms with Gasteiger partial charge in [-0.15, -0.1) is 4.68 Å². The standard InChI is InChI=1S/C23H19ClF3N9O/c1-34-18(6-8-30-34)15-11-31-35(12-15)19(7-9-37-23(26)27)17-4-2-14(10-28-17)21-20(36-13-29-32-33-36)5-3-16(24)22(21)25/h2-6,8,10-13,19,23H,7,9H2,1H3/p+1. The van der Waals surface area contributed by atoms with Gasteiger partial charge in [0, 0.05) is 36.8 Å². The lowest BCUT2D eigenvalue weighted by Gasteiger charge is -2.18. The van der Waals surface area contributed by atoms with E-state index in [1.54, 1.807) is 46.2 Å². The topological polar surface area (TPSA) is 103 Å². The van der Waals surface area contributed by atoms with Crippen molar-refractivity contribution in [2.75, 3.05) is 6.61 Å². The molecule has 0 amide bonds. The molecule has 0 bridgehead atoms. The second kappa shape index (κ2) is 10.5. The van der Waals surface area contributed by atoms with Crippen molar-refractivity contribution < 1.29 is 22.6 Å². The molecule has 0 radical (unpaired) electrons. The second-order valence-electron chi connectivity index (χ2n) is 8.01. The van der Waals surface area contributed by atoms with Crippen LogP contribution in [0, 0.1) is 5.82 Å². The molecule has 14 heteroatoms. The van der Waals surface area contributed by atoms with E-state index in [0.29, 0.717) is 16.9 Å². The summed E-state index contributed by atoms with van der Waals surface area (Å²) in [5.74, 6) is -0.634. The molecule has 1 atom stereocenters. The van der Waals surface area contributed by atoms with Crippen molar-refractivity contribution in [3.8, 4) is 28.1 Å². The zero-order valence-electron chi connectivity index (χ0n) is 19.3. The first kappa shape index (κ1) is 24.6. The number of aromatic nitrogens is 9. The van der Waals surface area contributed by atoms with E-state index < -0.39 is 18.5 Å². The number of rotatable bonds is 9. The Morgan fingerprint density at radius 3 is 2.65 bits per heavy atom. The highest BCUT2D eigenvalue weighted by Gasteiger charge is 2.22. The van der Waals surface area contributed by atoms with Crippen molar-refractivity contribution in [3.63, 3.8) is 0 Å². The third kappa shape index (κ3) is 5.08. The molecule has 0 saturated carbocycles. The van der Waals surface area contributed by atoms with Gasteiger partial charge < -0.3 is 4.74 Å². The average molecular weight is 531 g/mol. The molecule has 4 aromatic heterocycles. The van der Waals surface area contributed by atoms with E-state index in [2.05, 4.69) is 35.4 Å². The molecule has 1 unspecified atom stereocenters. The molecule has 0 aliphatic heterocycles. The number of benzene rings is 1. The van der Waals surface area contributed by atoms with Crippen molar-refractivity contribution >= 4 is 11.6 Å². The number of tetrazole rings is 1. The second-order valence-corrected chi connectivity index (χ2v) is 8.42. The zero-order valence-corrected chi connectivity index (χ0v) is 20.1. The summed E-state index contributed by atoms with van der Waals surface area (Å²) in [6, 6.07) is 7.74. The molecule has 0 aliphatic carbocycles. The van der Waals surface area contributed by atoms with E-state index in [1.165, 1.54) is 23.3 Å². The Balaban J connectivity index is 1.50. The molecule has 5 aromatic rings. The van der Waals surface area contributed by atoms with Crippen LogP contribution in [0.3, 0.4) is 0 Å². The van der Waals surface area contributed by atoms with Crippen molar-refractivity contribution in [1.29, 1.82) is 0 Å². The van der Waals surface area contributed by atoms with Gasteiger partial charge in [-0.1, -0.05) is 22.9 Å². The van der Waals surface area contributed by atoms with Crippen LogP contribution in [0.15, 0.2) is 61.4 Å². The van der Waals surface area contributed by atoms with Gasteiger partial charge in [0.1, 0.15) is 10.8 Å². The van der Waals surface area contributed by atoms with Crippen molar-refractivity contribution in [2.24, 2.45) is 7.05 Å². The minimum atomic E-state index is -2.89. The van der Waals surface area contributed by atoms with Crippen molar-refractivity contribution in [2.45, 2.75) is 19.1 Å².